The van der Waals surface area contributed by atoms with Crippen molar-refractivity contribution in [2.24, 2.45) is 5.92 Å². The van der Waals surface area contributed by atoms with E-state index in [9.17, 15) is 14.0 Å². The molecule has 3 rings (SSSR count). The first-order valence-corrected chi connectivity index (χ1v) is 9.08. The molecule has 1 fully saturated rings. The van der Waals surface area contributed by atoms with Gasteiger partial charge >= 0.3 is 0 Å². The quantitative estimate of drug-likeness (QED) is 0.815. The van der Waals surface area contributed by atoms with Crippen LogP contribution >= 0.6 is 0 Å². The first-order chi connectivity index (χ1) is 13.0. The Labute approximate surface area is 158 Å². The third kappa shape index (κ3) is 5.06. The summed E-state index contributed by atoms with van der Waals surface area (Å²) >= 11 is 0. The summed E-state index contributed by atoms with van der Waals surface area (Å²) in [5, 5.41) is 2.90. The van der Waals surface area contributed by atoms with Crippen LogP contribution in [0.1, 0.15) is 29.3 Å². The van der Waals surface area contributed by atoms with E-state index in [4.69, 9.17) is 4.74 Å². The van der Waals surface area contributed by atoms with Crippen LogP contribution in [0.4, 0.5) is 4.39 Å². The molecule has 1 aliphatic rings. The molecule has 2 amide bonds. The molecule has 142 valence electrons. The normalized spacial score (nSPS) is 16.4. The van der Waals surface area contributed by atoms with E-state index in [1.807, 2.05) is 6.92 Å². The van der Waals surface area contributed by atoms with Gasteiger partial charge in [-0.05, 0) is 48.9 Å². The Balaban J connectivity index is 1.49. The van der Waals surface area contributed by atoms with Gasteiger partial charge in [0, 0.05) is 37.5 Å². The van der Waals surface area contributed by atoms with Crippen molar-refractivity contribution < 1.29 is 18.7 Å². The Morgan fingerprint density at radius 1 is 1.19 bits per heavy atom. The van der Waals surface area contributed by atoms with Crippen molar-refractivity contribution in [3.63, 3.8) is 0 Å². The number of halogens is 1. The van der Waals surface area contributed by atoms with Crippen LogP contribution in [0.2, 0.25) is 0 Å². The number of carbonyl (C=O) groups is 2. The summed E-state index contributed by atoms with van der Waals surface area (Å²) in [6.07, 6.45) is 0.407. The van der Waals surface area contributed by atoms with Gasteiger partial charge in [0.2, 0.25) is 5.91 Å². The molecule has 1 saturated heterocycles. The number of benzene rings is 2. The maximum Gasteiger partial charge on any atom is 0.251 e. The second-order valence-corrected chi connectivity index (χ2v) is 6.64. The van der Waals surface area contributed by atoms with Gasteiger partial charge < -0.3 is 15.0 Å². The lowest BCUT2D eigenvalue weighted by molar-refractivity contribution is -0.128. The first kappa shape index (κ1) is 18.9. The summed E-state index contributed by atoms with van der Waals surface area (Å²) in [7, 11) is 0. The number of nitrogens with one attached hydrogen (secondary N) is 1. The van der Waals surface area contributed by atoms with E-state index in [0.29, 0.717) is 38.2 Å². The summed E-state index contributed by atoms with van der Waals surface area (Å²) in [5.74, 6) is 0.403. The van der Waals surface area contributed by atoms with E-state index in [1.165, 1.54) is 12.1 Å². The van der Waals surface area contributed by atoms with E-state index in [1.54, 1.807) is 41.3 Å². The minimum Gasteiger partial charge on any atom is -0.494 e. The van der Waals surface area contributed by atoms with Crippen LogP contribution < -0.4 is 10.1 Å². The fraction of sp³-hybridized carbons (Fsp3) is 0.333. The number of amides is 2. The van der Waals surface area contributed by atoms with Crippen LogP contribution in [0.5, 0.6) is 5.75 Å². The minimum atomic E-state index is -0.290. The molecule has 2 aromatic rings. The average Bonchev–Trinajstić information content (AvgIpc) is 3.02. The van der Waals surface area contributed by atoms with Crippen molar-refractivity contribution in [3.8, 4) is 5.75 Å². The molecule has 0 bridgehead atoms. The average molecular weight is 370 g/mol. The minimum absolute atomic E-state index is 0.0552. The van der Waals surface area contributed by atoms with Gasteiger partial charge in [-0.25, -0.2) is 4.39 Å². The van der Waals surface area contributed by atoms with E-state index >= 15 is 0 Å². The Hall–Kier alpha value is -2.89. The highest BCUT2D eigenvalue weighted by molar-refractivity contribution is 5.94. The maximum absolute atomic E-state index is 13.0. The molecule has 0 radical (unpaired) electrons. The molecule has 0 aliphatic carbocycles. The van der Waals surface area contributed by atoms with Gasteiger partial charge in [0.15, 0.2) is 0 Å². The maximum atomic E-state index is 13.0. The van der Waals surface area contributed by atoms with Crippen LogP contribution in [0.15, 0.2) is 48.5 Å². The Morgan fingerprint density at radius 3 is 2.56 bits per heavy atom. The molecule has 5 nitrogen and oxygen atoms in total. The van der Waals surface area contributed by atoms with Gasteiger partial charge in [-0.15, -0.1) is 0 Å². The third-order valence-electron chi connectivity index (χ3n) is 4.56. The fourth-order valence-corrected chi connectivity index (χ4v) is 3.16. The third-order valence-corrected chi connectivity index (χ3v) is 4.56. The number of hydrogen-bond acceptors (Lipinski definition) is 3. The molecule has 6 heteroatoms. The summed E-state index contributed by atoms with van der Waals surface area (Å²) in [5.41, 5.74) is 1.45. The predicted molar refractivity (Wildman–Crippen MR) is 99.9 cm³/mol. The van der Waals surface area contributed by atoms with Crippen molar-refractivity contribution in [1.82, 2.24) is 10.2 Å². The van der Waals surface area contributed by atoms with Crippen molar-refractivity contribution in [2.75, 3.05) is 19.7 Å². The van der Waals surface area contributed by atoms with Crippen molar-refractivity contribution in [2.45, 2.75) is 19.9 Å². The van der Waals surface area contributed by atoms with Crippen molar-refractivity contribution >= 4 is 11.8 Å². The van der Waals surface area contributed by atoms with Crippen LogP contribution in [0, 0.1) is 11.7 Å². The molecule has 1 heterocycles. The SMILES string of the molecule is CCOc1ccc(C(=O)NCC2CC(=O)N(Cc3ccc(F)cc3)C2)cc1. The number of hydrogen-bond donors (Lipinski definition) is 1. The summed E-state index contributed by atoms with van der Waals surface area (Å²) < 4.78 is 18.4. The largest absolute Gasteiger partial charge is 0.494 e. The smallest absolute Gasteiger partial charge is 0.251 e. The van der Waals surface area contributed by atoms with Crippen LogP contribution in [0.3, 0.4) is 0 Å². The zero-order valence-corrected chi connectivity index (χ0v) is 15.3. The van der Waals surface area contributed by atoms with E-state index in [0.717, 1.165) is 11.3 Å². The molecule has 1 atom stereocenters. The van der Waals surface area contributed by atoms with Gasteiger partial charge in [-0.2, -0.15) is 0 Å². The molecule has 27 heavy (non-hydrogen) atoms. The molecular formula is C21H23FN2O3. The topological polar surface area (TPSA) is 58.6 Å². The highest BCUT2D eigenvalue weighted by Crippen LogP contribution is 2.20. The van der Waals surface area contributed by atoms with Crippen LogP contribution in [-0.2, 0) is 11.3 Å². The predicted octanol–water partition coefficient (Wildman–Crippen LogP) is 3.00. The summed E-state index contributed by atoms with van der Waals surface area (Å²) in [6.45, 7) is 3.97. The van der Waals surface area contributed by atoms with E-state index in [2.05, 4.69) is 5.32 Å². The van der Waals surface area contributed by atoms with E-state index < -0.39 is 0 Å². The van der Waals surface area contributed by atoms with Gasteiger partial charge in [-0.3, -0.25) is 9.59 Å². The number of carbonyl (C=O) groups excluding carboxylic acids is 2. The van der Waals surface area contributed by atoms with E-state index in [-0.39, 0.29) is 23.5 Å². The van der Waals surface area contributed by atoms with Crippen LogP contribution in [0.25, 0.3) is 0 Å². The fourth-order valence-electron chi connectivity index (χ4n) is 3.16. The Kier molecular flexibility index (Phi) is 6.06. The monoisotopic (exact) mass is 370 g/mol. The molecular weight excluding hydrogens is 347 g/mol. The summed E-state index contributed by atoms with van der Waals surface area (Å²) in [6, 6.07) is 13.1. The molecule has 1 unspecified atom stereocenters. The van der Waals surface area contributed by atoms with Crippen molar-refractivity contribution in [3.05, 3.63) is 65.5 Å². The Bertz CT molecular complexity index is 790. The van der Waals surface area contributed by atoms with Gasteiger partial charge in [0.1, 0.15) is 11.6 Å². The highest BCUT2D eigenvalue weighted by atomic mass is 19.1. The molecule has 0 saturated carbocycles. The number of ether oxygens (including phenoxy) is 1. The zero-order valence-electron chi connectivity index (χ0n) is 15.3. The zero-order chi connectivity index (χ0) is 19.2. The number of rotatable bonds is 7. The summed E-state index contributed by atoms with van der Waals surface area (Å²) in [4.78, 5) is 26.2. The number of likely N-dealkylation sites (tertiary alicyclic amines) is 1. The van der Waals surface area contributed by atoms with Crippen LogP contribution in [-0.4, -0.2) is 36.4 Å². The lowest BCUT2D eigenvalue weighted by Gasteiger charge is -2.17. The van der Waals surface area contributed by atoms with Crippen molar-refractivity contribution in [1.29, 1.82) is 0 Å². The van der Waals surface area contributed by atoms with Gasteiger partial charge in [-0.1, -0.05) is 12.1 Å². The molecule has 2 aromatic carbocycles. The Morgan fingerprint density at radius 2 is 1.89 bits per heavy atom. The lowest BCUT2D eigenvalue weighted by Crippen LogP contribution is -2.31. The van der Waals surface area contributed by atoms with Gasteiger partial charge in [0.05, 0.1) is 6.61 Å². The number of nitrogens with zero attached hydrogens (tertiary/aromatic N) is 1. The van der Waals surface area contributed by atoms with Gasteiger partial charge in [0.25, 0.3) is 5.91 Å². The standard InChI is InChI=1S/C21H23FN2O3/c1-2-27-19-9-5-17(6-10-19)21(26)23-12-16-11-20(25)24(14-16)13-15-3-7-18(22)8-4-15/h3-10,16H,2,11-14H2,1H3,(H,23,26). The molecule has 1 aliphatic heterocycles. The second-order valence-electron chi connectivity index (χ2n) is 6.64. The highest BCUT2D eigenvalue weighted by Gasteiger charge is 2.29. The molecule has 1 N–H and O–H groups in total. The lowest BCUT2D eigenvalue weighted by atomic mass is 10.1. The second kappa shape index (κ2) is 8.66. The molecule has 0 spiro atoms. The first-order valence-electron chi connectivity index (χ1n) is 9.08. The molecule has 0 aromatic heterocycles.